The average Bonchev–Trinajstić information content (AvgIpc) is 2.47. The van der Waals surface area contributed by atoms with Gasteiger partial charge in [0.15, 0.2) is 0 Å². The number of halogens is 1. The maximum atomic E-state index is 13.1. The molecule has 0 fully saturated rings. The molecule has 0 saturated carbocycles. The Hall–Kier alpha value is -2.46. The molecule has 2 atom stereocenters. The zero-order valence-corrected chi connectivity index (χ0v) is 12.8. The molecule has 22 heavy (non-hydrogen) atoms. The fourth-order valence-corrected chi connectivity index (χ4v) is 2.87. The van der Waals surface area contributed by atoms with Crippen LogP contribution in [0.3, 0.4) is 0 Å². The highest BCUT2D eigenvalue weighted by atomic mass is 32.2. The lowest BCUT2D eigenvalue weighted by Gasteiger charge is -2.20. The highest BCUT2D eigenvalue weighted by Crippen LogP contribution is 2.19. The number of nitriles is 1. The van der Waals surface area contributed by atoms with E-state index in [0.29, 0.717) is 11.5 Å². The molecule has 0 saturated heterocycles. The number of nitrogens with one attached hydrogen (secondary N) is 1. The zero-order valence-electron chi connectivity index (χ0n) is 12.0. The SMILES string of the molecule is C=S(C)(=O)CC(Nc1ncc(C#N)cn1)c1ccc(F)cc1. The van der Waals surface area contributed by atoms with Crippen molar-refractivity contribution in [3.05, 3.63) is 53.6 Å². The molecule has 7 heteroatoms. The van der Waals surface area contributed by atoms with E-state index in [1.165, 1.54) is 24.5 Å². The molecule has 0 bridgehead atoms. The van der Waals surface area contributed by atoms with Gasteiger partial charge in [-0.3, -0.25) is 4.21 Å². The van der Waals surface area contributed by atoms with Gasteiger partial charge in [-0.2, -0.15) is 5.26 Å². The smallest absolute Gasteiger partial charge is 0.223 e. The summed E-state index contributed by atoms with van der Waals surface area (Å²) in [5.41, 5.74) is 1.10. The Labute approximate surface area is 128 Å². The molecule has 0 aliphatic rings. The largest absolute Gasteiger partial charge is 0.347 e. The standard InChI is InChI=1S/C15H15FN4OS/c1-22(2,21)10-14(12-3-5-13(16)6-4-12)20-15-18-8-11(7-17)9-19-15/h3-6,8-9,14H,1,10H2,2H3,(H,18,19,20). The monoisotopic (exact) mass is 318 g/mol. The van der Waals surface area contributed by atoms with Crippen LogP contribution in [0.2, 0.25) is 0 Å². The molecular formula is C15H15FN4OS. The summed E-state index contributed by atoms with van der Waals surface area (Å²) in [6.45, 7) is 0. The van der Waals surface area contributed by atoms with E-state index in [-0.39, 0.29) is 17.6 Å². The first-order valence-electron chi connectivity index (χ1n) is 6.41. The number of nitrogens with zero attached hydrogens (tertiary/aromatic N) is 3. The second-order valence-corrected chi connectivity index (χ2v) is 7.71. The van der Waals surface area contributed by atoms with Crippen LogP contribution in [0.1, 0.15) is 17.2 Å². The van der Waals surface area contributed by atoms with E-state index in [1.807, 2.05) is 6.07 Å². The van der Waals surface area contributed by atoms with Gasteiger partial charge in [0.05, 0.1) is 24.0 Å². The van der Waals surface area contributed by atoms with Crippen molar-refractivity contribution in [1.29, 1.82) is 5.26 Å². The Morgan fingerprint density at radius 1 is 1.36 bits per heavy atom. The Bertz CT molecular complexity index is 780. The fourth-order valence-electron chi connectivity index (χ4n) is 1.89. The fraction of sp³-hybridized carbons (Fsp3) is 0.200. The van der Waals surface area contributed by atoms with Crippen LogP contribution in [0.4, 0.5) is 10.3 Å². The van der Waals surface area contributed by atoms with E-state index >= 15 is 0 Å². The Morgan fingerprint density at radius 3 is 2.45 bits per heavy atom. The number of benzene rings is 1. The van der Waals surface area contributed by atoms with Crippen molar-refractivity contribution in [3.8, 4) is 6.07 Å². The molecule has 2 unspecified atom stereocenters. The Morgan fingerprint density at radius 2 is 1.95 bits per heavy atom. The number of hydrogen-bond donors (Lipinski definition) is 1. The summed E-state index contributed by atoms with van der Waals surface area (Å²) in [5.74, 6) is 3.86. The van der Waals surface area contributed by atoms with Crippen molar-refractivity contribution >= 4 is 21.3 Å². The van der Waals surface area contributed by atoms with Gasteiger partial charge >= 0.3 is 0 Å². The highest BCUT2D eigenvalue weighted by molar-refractivity contribution is 7.99. The molecule has 0 aliphatic carbocycles. The van der Waals surface area contributed by atoms with Gasteiger partial charge in [-0.05, 0) is 33.1 Å². The third-order valence-corrected chi connectivity index (χ3v) is 3.91. The second kappa shape index (κ2) is 6.54. The van der Waals surface area contributed by atoms with Gasteiger partial charge in [-0.25, -0.2) is 14.4 Å². The van der Waals surface area contributed by atoms with Crippen molar-refractivity contribution in [3.63, 3.8) is 0 Å². The summed E-state index contributed by atoms with van der Waals surface area (Å²) in [5, 5.41) is 11.8. The van der Waals surface area contributed by atoms with Gasteiger partial charge in [-0.15, -0.1) is 0 Å². The van der Waals surface area contributed by atoms with E-state index in [9.17, 15) is 8.60 Å². The first-order chi connectivity index (χ1) is 10.4. The lowest BCUT2D eigenvalue weighted by molar-refractivity contribution is 0.626. The molecule has 1 aromatic carbocycles. The molecule has 2 aromatic rings. The average molecular weight is 318 g/mol. The Balaban J connectivity index is 2.27. The van der Waals surface area contributed by atoms with E-state index < -0.39 is 9.52 Å². The van der Waals surface area contributed by atoms with Crippen LogP contribution in [0.25, 0.3) is 0 Å². The van der Waals surface area contributed by atoms with Gasteiger partial charge in [0.1, 0.15) is 11.9 Å². The summed E-state index contributed by atoms with van der Waals surface area (Å²) in [6, 6.07) is 7.46. The molecule has 0 spiro atoms. The molecule has 114 valence electrons. The van der Waals surface area contributed by atoms with Crippen LogP contribution >= 0.6 is 0 Å². The summed E-state index contributed by atoms with van der Waals surface area (Å²) < 4.78 is 25.1. The lowest BCUT2D eigenvalue weighted by atomic mass is 10.1. The molecule has 2 rings (SSSR count). The summed E-state index contributed by atoms with van der Waals surface area (Å²) in [4.78, 5) is 8.06. The minimum absolute atomic E-state index is 0.252. The van der Waals surface area contributed by atoms with Crippen molar-refractivity contribution in [2.75, 3.05) is 17.3 Å². The number of aromatic nitrogens is 2. The van der Waals surface area contributed by atoms with Gasteiger partial charge < -0.3 is 5.32 Å². The van der Waals surface area contributed by atoms with Crippen molar-refractivity contribution < 1.29 is 8.60 Å². The van der Waals surface area contributed by atoms with E-state index in [0.717, 1.165) is 5.56 Å². The topological polar surface area (TPSA) is 78.7 Å². The zero-order chi connectivity index (χ0) is 16.2. The third kappa shape index (κ3) is 4.53. The molecular weight excluding hydrogens is 303 g/mol. The van der Waals surface area contributed by atoms with Gasteiger partial charge in [0.25, 0.3) is 0 Å². The quantitative estimate of drug-likeness (QED) is 0.853. The minimum Gasteiger partial charge on any atom is -0.347 e. The van der Waals surface area contributed by atoms with Crippen LogP contribution in [0.15, 0.2) is 36.7 Å². The number of anilines is 1. The normalized spacial score (nSPS) is 14.6. The molecule has 0 aliphatic heterocycles. The van der Waals surface area contributed by atoms with Gasteiger partial charge in [0, 0.05) is 12.0 Å². The Kier molecular flexibility index (Phi) is 4.73. The summed E-state index contributed by atoms with van der Waals surface area (Å²) in [6.07, 6.45) is 4.35. The van der Waals surface area contributed by atoms with E-state index in [4.69, 9.17) is 5.26 Å². The van der Waals surface area contributed by atoms with Crippen LogP contribution < -0.4 is 5.32 Å². The summed E-state index contributed by atoms with van der Waals surface area (Å²) >= 11 is 0. The highest BCUT2D eigenvalue weighted by Gasteiger charge is 2.16. The molecule has 1 aromatic heterocycles. The van der Waals surface area contributed by atoms with Crippen LogP contribution in [-0.2, 0) is 9.52 Å². The van der Waals surface area contributed by atoms with Crippen molar-refractivity contribution in [1.82, 2.24) is 9.97 Å². The maximum Gasteiger partial charge on any atom is 0.223 e. The molecule has 0 radical (unpaired) electrons. The molecule has 5 nitrogen and oxygen atoms in total. The number of hydrogen-bond acceptors (Lipinski definition) is 5. The predicted molar refractivity (Wildman–Crippen MR) is 85.6 cm³/mol. The lowest BCUT2D eigenvalue weighted by Crippen LogP contribution is -2.21. The van der Waals surface area contributed by atoms with Crippen LogP contribution in [0.5, 0.6) is 0 Å². The number of rotatable bonds is 5. The second-order valence-electron chi connectivity index (χ2n) is 5.01. The van der Waals surface area contributed by atoms with Gasteiger partial charge in [0.2, 0.25) is 5.95 Å². The van der Waals surface area contributed by atoms with Crippen LogP contribution in [-0.4, -0.2) is 32.1 Å². The minimum atomic E-state index is -2.28. The first kappa shape index (κ1) is 15.9. The third-order valence-electron chi connectivity index (χ3n) is 2.88. The molecule has 1 N–H and O–H groups in total. The van der Waals surface area contributed by atoms with Gasteiger partial charge in [-0.1, -0.05) is 12.1 Å². The van der Waals surface area contributed by atoms with E-state index in [2.05, 4.69) is 21.2 Å². The summed E-state index contributed by atoms with van der Waals surface area (Å²) in [7, 11) is -2.28. The van der Waals surface area contributed by atoms with Crippen molar-refractivity contribution in [2.24, 2.45) is 0 Å². The molecule has 0 amide bonds. The van der Waals surface area contributed by atoms with Crippen LogP contribution in [0, 0.1) is 17.1 Å². The molecule has 1 heterocycles. The predicted octanol–water partition coefficient (Wildman–Crippen LogP) is 1.99. The van der Waals surface area contributed by atoms with Crippen molar-refractivity contribution in [2.45, 2.75) is 6.04 Å². The maximum absolute atomic E-state index is 13.1. The first-order valence-corrected chi connectivity index (χ1v) is 8.72. The van der Waals surface area contributed by atoms with E-state index in [1.54, 1.807) is 18.4 Å².